The summed E-state index contributed by atoms with van der Waals surface area (Å²) in [6.07, 6.45) is 0.344. The maximum atomic E-state index is 13.3. The number of amides is 2. The third-order valence-corrected chi connectivity index (χ3v) is 7.39. The first-order valence-corrected chi connectivity index (χ1v) is 11.8. The van der Waals surface area contributed by atoms with Gasteiger partial charge in [-0.2, -0.15) is 0 Å². The number of nitrogens with zero attached hydrogens (tertiary/aromatic N) is 1. The highest BCUT2D eigenvalue weighted by Gasteiger charge is 2.50. The number of nitrogens with one attached hydrogen (secondary N) is 1. The Morgan fingerprint density at radius 2 is 1.67 bits per heavy atom. The number of hydrogen-bond acceptors (Lipinski definition) is 6. The number of fused-ring (bicyclic) bond motifs is 1. The number of sulfonamides is 1. The summed E-state index contributed by atoms with van der Waals surface area (Å²) < 4.78 is 38.2. The highest BCUT2D eigenvalue weighted by atomic mass is 32.2. The van der Waals surface area contributed by atoms with Gasteiger partial charge in [0.1, 0.15) is 5.54 Å². The maximum Gasteiger partial charge on any atom is 0.264 e. The molecule has 172 valence electrons. The van der Waals surface area contributed by atoms with Crippen molar-refractivity contribution in [2.45, 2.75) is 23.8 Å². The lowest BCUT2D eigenvalue weighted by Gasteiger charge is -2.48. The van der Waals surface area contributed by atoms with Crippen LogP contribution in [0.2, 0.25) is 0 Å². The predicted molar refractivity (Wildman–Crippen MR) is 123 cm³/mol. The third-order valence-electron chi connectivity index (χ3n) is 6.06. The van der Waals surface area contributed by atoms with Crippen LogP contribution in [0.5, 0.6) is 11.5 Å². The molecule has 1 heterocycles. The van der Waals surface area contributed by atoms with Crippen molar-refractivity contribution >= 4 is 32.6 Å². The van der Waals surface area contributed by atoms with E-state index in [0.717, 1.165) is 10.8 Å². The van der Waals surface area contributed by atoms with Gasteiger partial charge in [-0.05, 0) is 42.3 Å². The lowest BCUT2D eigenvalue weighted by molar-refractivity contribution is -0.135. The average Bonchev–Trinajstić information content (AvgIpc) is 2.81. The van der Waals surface area contributed by atoms with Gasteiger partial charge in [0, 0.05) is 18.2 Å². The van der Waals surface area contributed by atoms with Crippen LogP contribution in [0, 0.1) is 0 Å². The van der Waals surface area contributed by atoms with Crippen LogP contribution >= 0.6 is 0 Å². The molecule has 4 rings (SSSR count). The molecule has 8 nitrogen and oxygen atoms in total. The van der Waals surface area contributed by atoms with Crippen molar-refractivity contribution < 1.29 is 27.5 Å². The molecule has 3 aromatic carbocycles. The van der Waals surface area contributed by atoms with Crippen molar-refractivity contribution in [2.24, 2.45) is 0 Å². The second kappa shape index (κ2) is 8.40. The van der Waals surface area contributed by atoms with Gasteiger partial charge in [-0.25, -0.2) is 13.1 Å². The van der Waals surface area contributed by atoms with E-state index in [1.165, 1.54) is 37.3 Å². The van der Waals surface area contributed by atoms with E-state index in [1.54, 1.807) is 19.1 Å². The van der Waals surface area contributed by atoms with Crippen LogP contribution in [-0.2, 0) is 14.8 Å². The maximum absolute atomic E-state index is 13.3. The number of hydrogen-bond donors (Lipinski definition) is 1. The molecule has 1 aliphatic rings. The smallest absolute Gasteiger partial charge is 0.264 e. The number of methoxy groups -OCH3 is 2. The molecule has 0 bridgehead atoms. The zero-order valence-electron chi connectivity index (χ0n) is 18.5. The van der Waals surface area contributed by atoms with Gasteiger partial charge in [0.15, 0.2) is 11.5 Å². The van der Waals surface area contributed by atoms with E-state index in [0.29, 0.717) is 24.3 Å². The molecule has 1 fully saturated rings. The first kappa shape index (κ1) is 22.6. The normalized spacial score (nSPS) is 17.8. The molecular weight excluding hydrogens is 444 g/mol. The lowest BCUT2D eigenvalue weighted by atomic mass is 9.84. The Morgan fingerprint density at radius 1 is 0.970 bits per heavy atom. The predicted octanol–water partition coefficient (Wildman–Crippen LogP) is 2.97. The van der Waals surface area contributed by atoms with E-state index in [-0.39, 0.29) is 16.6 Å². The van der Waals surface area contributed by atoms with Gasteiger partial charge >= 0.3 is 0 Å². The van der Waals surface area contributed by atoms with Crippen LogP contribution in [0.1, 0.15) is 23.7 Å². The fraction of sp³-hybridized carbons (Fsp3) is 0.250. The average molecular weight is 469 g/mol. The standard InChI is InChI=1S/C24H24N2O6S/c1-24(23(28)25-33(29,30)17-11-12-20(31-2)21(15-17)32-3)13-14-26(24)22(27)19-10-6-8-16-7-4-5-9-18(16)19/h4-12,15H,13-14H2,1-3H3,(H,25,28). The van der Waals surface area contributed by atoms with Gasteiger partial charge in [0.25, 0.3) is 21.8 Å². The van der Waals surface area contributed by atoms with Crippen LogP contribution in [0.3, 0.4) is 0 Å². The van der Waals surface area contributed by atoms with Crippen molar-refractivity contribution in [1.29, 1.82) is 0 Å². The van der Waals surface area contributed by atoms with E-state index in [2.05, 4.69) is 4.72 Å². The molecule has 9 heteroatoms. The Morgan fingerprint density at radius 3 is 2.33 bits per heavy atom. The number of rotatable bonds is 6. The molecule has 1 atom stereocenters. The highest BCUT2D eigenvalue weighted by Crippen LogP contribution is 2.35. The fourth-order valence-electron chi connectivity index (χ4n) is 3.95. The lowest BCUT2D eigenvalue weighted by Crippen LogP contribution is -2.67. The summed E-state index contributed by atoms with van der Waals surface area (Å²) in [5, 5.41) is 1.68. The van der Waals surface area contributed by atoms with Crippen molar-refractivity contribution in [2.75, 3.05) is 20.8 Å². The summed E-state index contributed by atoms with van der Waals surface area (Å²) in [6, 6.07) is 16.9. The Kier molecular flexibility index (Phi) is 5.75. The minimum Gasteiger partial charge on any atom is -0.493 e. The van der Waals surface area contributed by atoms with Gasteiger partial charge < -0.3 is 14.4 Å². The van der Waals surface area contributed by atoms with Crippen LogP contribution in [0.15, 0.2) is 65.6 Å². The van der Waals surface area contributed by atoms with Gasteiger partial charge in [-0.15, -0.1) is 0 Å². The molecule has 1 aliphatic heterocycles. The summed E-state index contributed by atoms with van der Waals surface area (Å²) in [4.78, 5) is 27.7. The van der Waals surface area contributed by atoms with E-state index in [9.17, 15) is 18.0 Å². The van der Waals surface area contributed by atoms with E-state index in [4.69, 9.17) is 9.47 Å². The summed E-state index contributed by atoms with van der Waals surface area (Å²) in [5.74, 6) is -0.507. The summed E-state index contributed by atoms with van der Waals surface area (Å²) in [6.45, 7) is 1.92. The molecule has 0 radical (unpaired) electrons. The molecule has 33 heavy (non-hydrogen) atoms. The Balaban J connectivity index is 1.59. The van der Waals surface area contributed by atoms with E-state index >= 15 is 0 Å². The molecule has 3 aromatic rings. The molecule has 0 aromatic heterocycles. The second-order valence-electron chi connectivity index (χ2n) is 7.96. The molecule has 1 unspecified atom stereocenters. The summed E-state index contributed by atoms with van der Waals surface area (Å²) in [5.41, 5.74) is -0.827. The van der Waals surface area contributed by atoms with Crippen molar-refractivity contribution in [3.05, 3.63) is 66.2 Å². The van der Waals surface area contributed by atoms with E-state index < -0.39 is 21.5 Å². The summed E-state index contributed by atoms with van der Waals surface area (Å²) >= 11 is 0. The topological polar surface area (TPSA) is 102 Å². The molecule has 0 spiro atoms. The first-order chi connectivity index (χ1) is 15.7. The fourth-order valence-corrected chi connectivity index (χ4v) is 5.04. The number of ether oxygens (including phenoxy) is 2. The minimum atomic E-state index is -4.20. The summed E-state index contributed by atoms with van der Waals surface area (Å²) in [7, 11) is -1.37. The Bertz CT molecular complexity index is 1350. The van der Waals surface area contributed by atoms with E-state index in [1.807, 2.05) is 30.3 Å². The van der Waals surface area contributed by atoms with Crippen molar-refractivity contribution in [3.8, 4) is 11.5 Å². The largest absolute Gasteiger partial charge is 0.493 e. The van der Waals surface area contributed by atoms with Crippen LogP contribution in [0.25, 0.3) is 10.8 Å². The monoisotopic (exact) mass is 468 g/mol. The van der Waals surface area contributed by atoms with Gasteiger partial charge in [-0.3, -0.25) is 9.59 Å². The molecular formula is C24H24N2O6S. The van der Waals surface area contributed by atoms with Gasteiger partial charge in [0.05, 0.1) is 19.1 Å². The SMILES string of the molecule is COc1ccc(S(=O)(=O)NC(=O)C2(C)CCN2C(=O)c2cccc3ccccc23)cc1OC. The molecule has 0 saturated carbocycles. The third kappa shape index (κ3) is 3.89. The second-order valence-corrected chi connectivity index (χ2v) is 9.64. The number of carbonyl (C=O) groups is 2. The zero-order chi connectivity index (χ0) is 23.8. The van der Waals surface area contributed by atoms with Crippen LogP contribution < -0.4 is 14.2 Å². The van der Waals surface area contributed by atoms with Crippen molar-refractivity contribution in [3.63, 3.8) is 0 Å². The molecule has 1 saturated heterocycles. The molecule has 0 aliphatic carbocycles. The zero-order valence-corrected chi connectivity index (χ0v) is 19.3. The van der Waals surface area contributed by atoms with Crippen LogP contribution in [0.4, 0.5) is 0 Å². The quantitative estimate of drug-likeness (QED) is 0.597. The van der Waals surface area contributed by atoms with Gasteiger partial charge in [0.2, 0.25) is 0 Å². The Hall–Kier alpha value is -3.59. The van der Waals surface area contributed by atoms with Gasteiger partial charge in [-0.1, -0.05) is 36.4 Å². The molecule has 1 N–H and O–H groups in total. The minimum absolute atomic E-state index is 0.150. The first-order valence-electron chi connectivity index (χ1n) is 10.3. The highest BCUT2D eigenvalue weighted by molar-refractivity contribution is 7.90. The number of benzene rings is 3. The Labute approximate surface area is 192 Å². The van der Waals surface area contributed by atoms with Crippen LogP contribution in [-0.4, -0.2) is 51.4 Å². The molecule has 2 amide bonds. The van der Waals surface area contributed by atoms with Crippen molar-refractivity contribution in [1.82, 2.24) is 9.62 Å². The number of carbonyl (C=O) groups excluding carboxylic acids is 2. The number of likely N-dealkylation sites (tertiary alicyclic amines) is 1.